The molecule has 2 aromatic rings. The van der Waals surface area contributed by atoms with Gasteiger partial charge in [-0.25, -0.2) is 4.39 Å². The SMILES string of the molecule is O=C(CC1OCCc2c(F)cccc21)c1ccco1. The molecule has 1 unspecified atom stereocenters. The minimum absolute atomic E-state index is 0.132. The maximum Gasteiger partial charge on any atom is 0.200 e. The van der Waals surface area contributed by atoms with E-state index in [0.29, 0.717) is 24.4 Å². The van der Waals surface area contributed by atoms with E-state index in [1.54, 1.807) is 18.2 Å². The maximum atomic E-state index is 13.7. The van der Waals surface area contributed by atoms with Crippen LogP contribution in [0.4, 0.5) is 4.39 Å². The number of benzene rings is 1. The molecule has 0 N–H and O–H groups in total. The Labute approximate surface area is 110 Å². The molecule has 4 heteroatoms. The van der Waals surface area contributed by atoms with Gasteiger partial charge in [0.05, 0.1) is 19.0 Å². The van der Waals surface area contributed by atoms with E-state index in [4.69, 9.17) is 9.15 Å². The Balaban J connectivity index is 1.84. The zero-order valence-electron chi connectivity index (χ0n) is 10.3. The lowest BCUT2D eigenvalue weighted by Gasteiger charge is -2.25. The van der Waals surface area contributed by atoms with Crippen LogP contribution in [0.15, 0.2) is 41.0 Å². The third-order valence-corrected chi connectivity index (χ3v) is 3.34. The molecule has 1 aliphatic rings. The van der Waals surface area contributed by atoms with Crippen molar-refractivity contribution in [1.29, 1.82) is 0 Å². The quantitative estimate of drug-likeness (QED) is 0.795. The van der Waals surface area contributed by atoms with Gasteiger partial charge in [0.15, 0.2) is 5.76 Å². The fraction of sp³-hybridized carbons (Fsp3) is 0.267. The van der Waals surface area contributed by atoms with Gasteiger partial charge in [-0.1, -0.05) is 12.1 Å². The van der Waals surface area contributed by atoms with Crippen LogP contribution in [-0.2, 0) is 11.2 Å². The van der Waals surface area contributed by atoms with E-state index in [-0.39, 0.29) is 18.0 Å². The highest BCUT2D eigenvalue weighted by molar-refractivity contribution is 5.93. The number of rotatable bonds is 3. The maximum absolute atomic E-state index is 13.7. The summed E-state index contributed by atoms with van der Waals surface area (Å²) in [5.41, 5.74) is 1.43. The lowest BCUT2D eigenvalue weighted by molar-refractivity contribution is 0.0334. The molecule has 1 aliphatic heterocycles. The second kappa shape index (κ2) is 4.97. The molecule has 19 heavy (non-hydrogen) atoms. The first-order chi connectivity index (χ1) is 9.25. The van der Waals surface area contributed by atoms with Crippen LogP contribution in [0.5, 0.6) is 0 Å². The molecule has 98 valence electrons. The number of carbonyl (C=O) groups is 1. The van der Waals surface area contributed by atoms with E-state index in [2.05, 4.69) is 0 Å². The second-order valence-corrected chi connectivity index (χ2v) is 4.52. The number of hydrogen-bond donors (Lipinski definition) is 0. The summed E-state index contributed by atoms with van der Waals surface area (Å²) in [5.74, 6) is -0.0458. The standard InChI is InChI=1S/C15H13FO3/c16-12-4-1-3-11-10(12)6-8-19-15(11)9-13(17)14-5-2-7-18-14/h1-5,7,15H,6,8-9H2. The summed E-state index contributed by atoms with van der Waals surface area (Å²) in [7, 11) is 0. The first-order valence-corrected chi connectivity index (χ1v) is 6.21. The van der Waals surface area contributed by atoms with Crippen LogP contribution >= 0.6 is 0 Å². The van der Waals surface area contributed by atoms with E-state index in [1.165, 1.54) is 12.3 Å². The second-order valence-electron chi connectivity index (χ2n) is 4.52. The number of carbonyl (C=O) groups excluding carboxylic acids is 1. The highest BCUT2D eigenvalue weighted by Gasteiger charge is 2.26. The Morgan fingerprint density at radius 3 is 3.00 bits per heavy atom. The van der Waals surface area contributed by atoms with Crippen LogP contribution in [0.1, 0.15) is 34.2 Å². The first kappa shape index (κ1) is 12.1. The summed E-state index contributed by atoms with van der Waals surface area (Å²) in [6.45, 7) is 0.435. The predicted octanol–water partition coefficient (Wildman–Crippen LogP) is 3.31. The monoisotopic (exact) mass is 260 g/mol. The van der Waals surface area contributed by atoms with Crippen molar-refractivity contribution in [3.63, 3.8) is 0 Å². The molecule has 0 spiro atoms. The summed E-state index contributed by atoms with van der Waals surface area (Å²) >= 11 is 0. The van der Waals surface area contributed by atoms with Crippen molar-refractivity contribution in [3.05, 3.63) is 59.3 Å². The Kier molecular flexibility index (Phi) is 3.17. The largest absolute Gasteiger partial charge is 0.461 e. The average Bonchev–Trinajstić information content (AvgIpc) is 2.94. The Morgan fingerprint density at radius 1 is 1.32 bits per heavy atom. The Bertz CT molecular complexity index is 589. The molecule has 0 aliphatic carbocycles. The zero-order valence-corrected chi connectivity index (χ0v) is 10.3. The van der Waals surface area contributed by atoms with Gasteiger partial charge in [-0.3, -0.25) is 4.79 Å². The lowest BCUT2D eigenvalue weighted by atomic mass is 9.94. The van der Waals surface area contributed by atoms with Crippen LogP contribution < -0.4 is 0 Å². The van der Waals surface area contributed by atoms with E-state index >= 15 is 0 Å². The van der Waals surface area contributed by atoms with Crippen molar-refractivity contribution in [2.75, 3.05) is 6.61 Å². The van der Waals surface area contributed by atoms with Gasteiger partial charge >= 0.3 is 0 Å². The molecule has 0 saturated carbocycles. The van der Waals surface area contributed by atoms with Crippen LogP contribution in [0.3, 0.4) is 0 Å². The minimum Gasteiger partial charge on any atom is -0.461 e. The number of Topliss-reactive ketones (excluding diaryl/α,β-unsaturated/α-hetero) is 1. The number of fused-ring (bicyclic) bond motifs is 1. The average molecular weight is 260 g/mol. The molecule has 1 atom stereocenters. The molecule has 1 aromatic carbocycles. The Hall–Kier alpha value is -1.94. The van der Waals surface area contributed by atoms with Crippen molar-refractivity contribution in [2.24, 2.45) is 0 Å². The summed E-state index contributed by atoms with van der Waals surface area (Å²) in [5, 5.41) is 0. The van der Waals surface area contributed by atoms with Crippen LogP contribution in [0.25, 0.3) is 0 Å². The summed E-state index contributed by atoms with van der Waals surface area (Å²) in [4.78, 5) is 12.0. The van der Waals surface area contributed by atoms with Gasteiger partial charge in [0, 0.05) is 6.42 Å². The van der Waals surface area contributed by atoms with Crippen LogP contribution in [-0.4, -0.2) is 12.4 Å². The van der Waals surface area contributed by atoms with Crippen molar-refractivity contribution < 1.29 is 18.3 Å². The molecule has 1 aromatic heterocycles. The molecule has 0 radical (unpaired) electrons. The molecule has 0 bridgehead atoms. The lowest BCUT2D eigenvalue weighted by Crippen LogP contribution is -2.20. The first-order valence-electron chi connectivity index (χ1n) is 6.21. The minimum atomic E-state index is -0.392. The van der Waals surface area contributed by atoms with Gasteiger partial charge < -0.3 is 9.15 Å². The van der Waals surface area contributed by atoms with Crippen LogP contribution in [0, 0.1) is 5.82 Å². The normalized spacial score (nSPS) is 18.1. The molecule has 0 amide bonds. The molecule has 0 saturated heterocycles. The molecular formula is C15H13FO3. The molecule has 2 heterocycles. The third-order valence-electron chi connectivity index (χ3n) is 3.34. The van der Waals surface area contributed by atoms with Gasteiger partial charge in [0.2, 0.25) is 5.78 Å². The topological polar surface area (TPSA) is 39.4 Å². The summed E-state index contributed by atoms with van der Waals surface area (Å²) in [6.07, 6.45) is 1.79. The van der Waals surface area contributed by atoms with Crippen molar-refractivity contribution in [1.82, 2.24) is 0 Å². The van der Waals surface area contributed by atoms with Gasteiger partial charge in [-0.2, -0.15) is 0 Å². The number of ether oxygens (including phenoxy) is 1. The van der Waals surface area contributed by atoms with Crippen molar-refractivity contribution in [2.45, 2.75) is 18.9 Å². The number of ketones is 1. The van der Waals surface area contributed by atoms with Gasteiger partial charge in [-0.15, -0.1) is 0 Å². The van der Waals surface area contributed by atoms with Crippen molar-refractivity contribution in [3.8, 4) is 0 Å². The fourth-order valence-electron chi connectivity index (χ4n) is 2.41. The van der Waals surface area contributed by atoms with Crippen LogP contribution in [0.2, 0.25) is 0 Å². The summed E-state index contributed by atoms with van der Waals surface area (Å²) in [6, 6.07) is 8.20. The van der Waals surface area contributed by atoms with Gasteiger partial charge in [0.1, 0.15) is 5.82 Å². The highest BCUT2D eigenvalue weighted by atomic mass is 19.1. The number of hydrogen-bond acceptors (Lipinski definition) is 3. The smallest absolute Gasteiger partial charge is 0.200 e. The van der Waals surface area contributed by atoms with E-state index in [9.17, 15) is 9.18 Å². The number of halogens is 1. The fourth-order valence-corrected chi connectivity index (χ4v) is 2.41. The molecule has 3 nitrogen and oxygen atoms in total. The predicted molar refractivity (Wildman–Crippen MR) is 66.5 cm³/mol. The highest BCUT2D eigenvalue weighted by Crippen LogP contribution is 2.32. The molecule has 0 fully saturated rings. The molecule has 3 rings (SSSR count). The Morgan fingerprint density at radius 2 is 2.21 bits per heavy atom. The van der Waals surface area contributed by atoms with Gasteiger partial charge in [-0.05, 0) is 35.7 Å². The third kappa shape index (κ3) is 2.31. The molecular weight excluding hydrogens is 247 g/mol. The van der Waals surface area contributed by atoms with E-state index < -0.39 is 6.10 Å². The van der Waals surface area contributed by atoms with Crippen molar-refractivity contribution >= 4 is 5.78 Å². The van der Waals surface area contributed by atoms with E-state index in [0.717, 1.165) is 5.56 Å². The van der Waals surface area contributed by atoms with Gasteiger partial charge in [0.25, 0.3) is 0 Å². The van der Waals surface area contributed by atoms with E-state index in [1.807, 2.05) is 6.07 Å². The summed E-state index contributed by atoms with van der Waals surface area (Å²) < 4.78 is 24.4. The number of furan rings is 1. The zero-order chi connectivity index (χ0) is 13.2.